The Bertz CT molecular complexity index is 700. The number of pyridine rings is 1. The molecule has 1 aromatic carbocycles. The molecular formula is C17H17N3O2. The number of nitrogens with zero attached hydrogens (tertiary/aromatic N) is 3. The molecule has 0 aliphatic carbocycles. The van der Waals surface area contributed by atoms with E-state index in [1.165, 1.54) is 5.01 Å². The number of hydrazone groups is 1. The molecule has 3 rings (SSSR count). The number of benzene rings is 1. The van der Waals surface area contributed by atoms with Crippen LogP contribution < -0.4 is 0 Å². The van der Waals surface area contributed by atoms with Crippen molar-refractivity contribution >= 4 is 11.6 Å². The van der Waals surface area contributed by atoms with Crippen LogP contribution in [0.15, 0.2) is 60.0 Å². The first-order valence-electron chi connectivity index (χ1n) is 7.24. The van der Waals surface area contributed by atoms with Crippen LogP contribution in [0.2, 0.25) is 0 Å². The molecule has 5 heteroatoms. The van der Waals surface area contributed by atoms with Gasteiger partial charge in [-0.3, -0.25) is 9.78 Å². The molecule has 2 aromatic rings. The Balaban J connectivity index is 2.02. The molecule has 0 unspecified atom stereocenters. The zero-order valence-electron chi connectivity index (χ0n) is 12.3. The Morgan fingerprint density at radius 3 is 2.55 bits per heavy atom. The molecule has 1 aromatic heterocycles. The van der Waals surface area contributed by atoms with E-state index in [1.807, 2.05) is 13.0 Å². The number of carbonyl (C=O) groups excluding carboxylic acids is 1. The SMILES string of the molecule is CCC1=NN(C(=O)c2ccccc2)[C@](O)(c2ccncc2)C1. The molecule has 1 aliphatic rings. The van der Waals surface area contributed by atoms with E-state index >= 15 is 0 Å². The minimum Gasteiger partial charge on any atom is -0.365 e. The molecule has 0 saturated carbocycles. The van der Waals surface area contributed by atoms with Gasteiger partial charge in [0.2, 0.25) is 0 Å². The molecular weight excluding hydrogens is 278 g/mol. The monoisotopic (exact) mass is 295 g/mol. The molecule has 1 atom stereocenters. The van der Waals surface area contributed by atoms with Crippen LogP contribution in [0.1, 0.15) is 35.7 Å². The van der Waals surface area contributed by atoms with Crippen LogP contribution >= 0.6 is 0 Å². The van der Waals surface area contributed by atoms with Crippen LogP contribution in [-0.4, -0.2) is 26.7 Å². The van der Waals surface area contributed by atoms with E-state index in [4.69, 9.17) is 0 Å². The third kappa shape index (κ3) is 2.40. The van der Waals surface area contributed by atoms with Gasteiger partial charge in [0.25, 0.3) is 5.91 Å². The van der Waals surface area contributed by atoms with Crippen LogP contribution in [-0.2, 0) is 5.72 Å². The first-order chi connectivity index (χ1) is 10.6. The highest BCUT2D eigenvalue weighted by Crippen LogP contribution is 2.36. The van der Waals surface area contributed by atoms with Gasteiger partial charge in [0, 0.05) is 35.7 Å². The Kier molecular flexibility index (Phi) is 3.73. The van der Waals surface area contributed by atoms with Gasteiger partial charge in [0.05, 0.1) is 0 Å². The van der Waals surface area contributed by atoms with E-state index in [-0.39, 0.29) is 5.91 Å². The quantitative estimate of drug-likeness (QED) is 0.946. The Hall–Kier alpha value is -2.53. The van der Waals surface area contributed by atoms with Gasteiger partial charge < -0.3 is 5.11 Å². The highest BCUT2D eigenvalue weighted by atomic mass is 16.3. The fourth-order valence-corrected chi connectivity index (χ4v) is 2.57. The van der Waals surface area contributed by atoms with Crippen molar-refractivity contribution in [2.45, 2.75) is 25.5 Å². The lowest BCUT2D eigenvalue weighted by atomic mass is 9.97. The summed E-state index contributed by atoms with van der Waals surface area (Å²) >= 11 is 0. The van der Waals surface area contributed by atoms with Crippen molar-refractivity contribution in [1.82, 2.24) is 9.99 Å². The Morgan fingerprint density at radius 1 is 1.23 bits per heavy atom. The van der Waals surface area contributed by atoms with Crippen molar-refractivity contribution < 1.29 is 9.90 Å². The van der Waals surface area contributed by atoms with Crippen molar-refractivity contribution in [3.05, 3.63) is 66.0 Å². The summed E-state index contributed by atoms with van der Waals surface area (Å²) < 4.78 is 0. The Labute approximate surface area is 128 Å². The van der Waals surface area contributed by atoms with Crippen LogP contribution in [0.3, 0.4) is 0 Å². The lowest BCUT2D eigenvalue weighted by Gasteiger charge is -2.31. The van der Waals surface area contributed by atoms with Gasteiger partial charge in [-0.2, -0.15) is 10.1 Å². The molecule has 112 valence electrons. The number of aliphatic hydroxyl groups is 1. The maximum atomic E-state index is 12.7. The smallest absolute Gasteiger partial charge is 0.276 e. The second-order valence-corrected chi connectivity index (χ2v) is 5.23. The molecule has 1 aliphatic heterocycles. The van der Waals surface area contributed by atoms with E-state index in [2.05, 4.69) is 10.1 Å². The van der Waals surface area contributed by atoms with Crippen molar-refractivity contribution in [3.63, 3.8) is 0 Å². The summed E-state index contributed by atoms with van der Waals surface area (Å²) in [7, 11) is 0. The standard InChI is InChI=1S/C17H17N3O2/c1-2-15-12-17(22,14-8-10-18-11-9-14)20(19-15)16(21)13-6-4-3-5-7-13/h3-11,22H,2,12H2,1H3/t17-/m1/s1. The van der Waals surface area contributed by atoms with E-state index in [0.717, 1.165) is 5.71 Å². The largest absolute Gasteiger partial charge is 0.365 e. The average molecular weight is 295 g/mol. The molecule has 0 spiro atoms. The third-order valence-electron chi connectivity index (χ3n) is 3.81. The van der Waals surface area contributed by atoms with E-state index < -0.39 is 5.72 Å². The zero-order valence-corrected chi connectivity index (χ0v) is 12.3. The first kappa shape index (κ1) is 14.4. The molecule has 1 amide bonds. The molecule has 1 N–H and O–H groups in total. The second-order valence-electron chi connectivity index (χ2n) is 5.23. The number of carbonyl (C=O) groups is 1. The predicted octanol–water partition coefficient (Wildman–Crippen LogP) is 2.54. The van der Waals surface area contributed by atoms with Crippen molar-refractivity contribution in [1.29, 1.82) is 0 Å². The average Bonchev–Trinajstić information content (AvgIpc) is 2.94. The van der Waals surface area contributed by atoms with Gasteiger partial charge in [-0.25, -0.2) is 0 Å². The fraction of sp³-hybridized carbons (Fsp3) is 0.235. The zero-order chi connectivity index (χ0) is 15.6. The number of aromatic nitrogens is 1. The van der Waals surface area contributed by atoms with Crippen LogP contribution in [0.5, 0.6) is 0 Å². The number of amides is 1. The van der Waals surface area contributed by atoms with Crippen LogP contribution in [0.4, 0.5) is 0 Å². The van der Waals surface area contributed by atoms with Crippen molar-refractivity contribution in [2.24, 2.45) is 5.10 Å². The summed E-state index contributed by atoms with van der Waals surface area (Å²) in [6.45, 7) is 1.96. The first-order valence-corrected chi connectivity index (χ1v) is 7.24. The van der Waals surface area contributed by atoms with Crippen molar-refractivity contribution in [2.75, 3.05) is 0 Å². The molecule has 22 heavy (non-hydrogen) atoms. The molecule has 0 fully saturated rings. The van der Waals surface area contributed by atoms with Gasteiger partial charge in [-0.05, 0) is 30.7 Å². The minimum atomic E-state index is -1.46. The molecule has 0 saturated heterocycles. The summed E-state index contributed by atoms with van der Waals surface area (Å²) in [5.74, 6) is -0.316. The van der Waals surface area contributed by atoms with Gasteiger partial charge in [0.15, 0.2) is 5.72 Å². The molecule has 0 radical (unpaired) electrons. The van der Waals surface area contributed by atoms with Crippen LogP contribution in [0, 0.1) is 0 Å². The predicted molar refractivity (Wildman–Crippen MR) is 83.1 cm³/mol. The highest BCUT2D eigenvalue weighted by Gasteiger charge is 2.45. The minimum absolute atomic E-state index is 0.312. The lowest BCUT2D eigenvalue weighted by molar-refractivity contribution is -0.0766. The summed E-state index contributed by atoms with van der Waals surface area (Å²) in [5.41, 5.74) is 0.444. The lowest BCUT2D eigenvalue weighted by Crippen LogP contribution is -2.43. The number of hydrogen-bond acceptors (Lipinski definition) is 4. The van der Waals surface area contributed by atoms with E-state index in [0.29, 0.717) is 24.0 Å². The van der Waals surface area contributed by atoms with E-state index in [9.17, 15) is 9.90 Å². The normalized spacial score (nSPS) is 20.8. The van der Waals surface area contributed by atoms with Crippen molar-refractivity contribution in [3.8, 4) is 0 Å². The third-order valence-corrected chi connectivity index (χ3v) is 3.81. The maximum Gasteiger partial charge on any atom is 0.276 e. The summed E-state index contributed by atoms with van der Waals surface area (Å²) in [5, 5.41) is 16.7. The summed E-state index contributed by atoms with van der Waals surface area (Å²) in [6.07, 6.45) is 4.20. The highest BCUT2D eigenvalue weighted by molar-refractivity contribution is 5.98. The summed E-state index contributed by atoms with van der Waals surface area (Å²) in [6, 6.07) is 12.3. The van der Waals surface area contributed by atoms with Gasteiger partial charge in [-0.1, -0.05) is 25.1 Å². The Morgan fingerprint density at radius 2 is 1.91 bits per heavy atom. The summed E-state index contributed by atoms with van der Waals surface area (Å²) in [4.78, 5) is 16.7. The number of rotatable bonds is 3. The fourth-order valence-electron chi connectivity index (χ4n) is 2.57. The molecule has 0 bridgehead atoms. The van der Waals surface area contributed by atoms with E-state index in [1.54, 1.807) is 48.8 Å². The second kappa shape index (κ2) is 5.69. The van der Waals surface area contributed by atoms with Crippen LogP contribution in [0.25, 0.3) is 0 Å². The molecule has 2 heterocycles. The van der Waals surface area contributed by atoms with Gasteiger partial charge in [0.1, 0.15) is 0 Å². The van der Waals surface area contributed by atoms with Gasteiger partial charge in [-0.15, -0.1) is 0 Å². The molecule has 5 nitrogen and oxygen atoms in total. The number of hydrogen-bond donors (Lipinski definition) is 1. The maximum absolute atomic E-state index is 12.7. The van der Waals surface area contributed by atoms with Gasteiger partial charge >= 0.3 is 0 Å². The topological polar surface area (TPSA) is 65.8 Å².